The Labute approximate surface area is 385 Å². The zero-order valence-corrected chi connectivity index (χ0v) is 41.6. The highest BCUT2D eigenvalue weighted by atomic mass is 31.2. The minimum atomic E-state index is -4.40. The van der Waals surface area contributed by atoms with Gasteiger partial charge in [-0.3, -0.25) is 18.6 Å². The van der Waals surface area contributed by atoms with Crippen molar-refractivity contribution < 1.29 is 46.8 Å². The van der Waals surface area contributed by atoms with Gasteiger partial charge in [0.2, 0.25) is 0 Å². The van der Waals surface area contributed by atoms with E-state index in [-0.39, 0.29) is 26.1 Å². The summed E-state index contributed by atoms with van der Waals surface area (Å²) < 4.78 is 40.0. The van der Waals surface area contributed by atoms with E-state index in [0.29, 0.717) is 36.1 Å². The number of epoxide rings is 1. The van der Waals surface area contributed by atoms with E-state index in [1.54, 1.807) is 0 Å². The van der Waals surface area contributed by atoms with Gasteiger partial charge in [-0.15, -0.1) is 0 Å². The summed E-state index contributed by atoms with van der Waals surface area (Å²) in [6.45, 7) is 4.23. The van der Waals surface area contributed by atoms with Crippen LogP contribution in [0.1, 0.15) is 194 Å². The third-order valence-corrected chi connectivity index (χ3v) is 12.0. The lowest BCUT2D eigenvalue weighted by atomic mass is 10.0. The molecule has 364 valence electrons. The number of hydrogen-bond donors (Lipinski definition) is 1. The molecule has 11 heteroatoms. The third kappa shape index (κ3) is 40.9. The van der Waals surface area contributed by atoms with Crippen LogP contribution in [0.25, 0.3) is 0 Å². The molecule has 0 aromatic rings. The van der Waals surface area contributed by atoms with Crippen molar-refractivity contribution in [2.75, 3.05) is 47.5 Å². The first-order chi connectivity index (χ1) is 30.5. The average molecular weight is 907 g/mol. The van der Waals surface area contributed by atoms with E-state index >= 15 is 0 Å². The fraction of sp³-hybridized carbons (Fsp3) is 0.769. The van der Waals surface area contributed by atoms with Crippen LogP contribution in [0.15, 0.2) is 60.8 Å². The van der Waals surface area contributed by atoms with Crippen LogP contribution in [-0.2, 0) is 37.4 Å². The maximum atomic E-state index is 12.7. The summed E-state index contributed by atoms with van der Waals surface area (Å²) >= 11 is 0. The number of phosphoric ester groups is 1. The van der Waals surface area contributed by atoms with Crippen molar-refractivity contribution in [3.8, 4) is 0 Å². The van der Waals surface area contributed by atoms with Gasteiger partial charge in [0.25, 0.3) is 0 Å². The third-order valence-electron chi connectivity index (χ3n) is 11.0. The van der Waals surface area contributed by atoms with E-state index in [4.69, 9.17) is 23.3 Å². The van der Waals surface area contributed by atoms with Crippen LogP contribution < -0.4 is 0 Å². The van der Waals surface area contributed by atoms with Crippen LogP contribution in [0.2, 0.25) is 0 Å². The molecule has 4 atom stereocenters. The molecule has 1 aliphatic rings. The molecule has 0 aromatic heterocycles. The number of esters is 2. The molecule has 1 fully saturated rings. The number of nitrogens with zero attached hydrogens (tertiary/aromatic N) is 1. The summed E-state index contributed by atoms with van der Waals surface area (Å²) in [4.78, 5) is 35.5. The molecule has 10 nitrogen and oxygen atoms in total. The molecule has 1 saturated heterocycles. The molecule has 3 unspecified atom stereocenters. The topological polar surface area (TPSA) is 121 Å². The molecule has 0 amide bonds. The quantitative estimate of drug-likeness (QED) is 0.0159. The first-order valence-corrected chi connectivity index (χ1v) is 26.6. The summed E-state index contributed by atoms with van der Waals surface area (Å²) in [7, 11) is 1.43. The largest absolute Gasteiger partial charge is 0.472 e. The number of allylic oxidation sites excluding steroid dienone is 8. The zero-order chi connectivity index (χ0) is 46.1. The van der Waals surface area contributed by atoms with Crippen LogP contribution >= 0.6 is 7.82 Å². The van der Waals surface area contributed by atoms with Gasteiger partial charge in [0, 0.05) is 12.8 Å². The molecule has 0 bridgehead atoms. The summed E-state index contributed by atoms with van der Waals surface area (Å²) in [5.41, 5.74) is 0. The minimum absolute atomic E-state index is 0.0176. The molecule has 0 aliphatic carbocycles. The van der Waals surface area contributed by atoms with Gasteiger partial charge in [-0.25, -0.2) is 4.57 Å². The SMILES string of the molecule is CC/C=C\CC1OC1C/C=C\C/C=C\C/C=C\C/C=C\CCC(=O)OC[C@H](COP(=O)(O)OCC[N+](C)(C)C)OC(=O)CCCCCCCCCCCCCCCCCCCCC. The molecule has 1 aliphatic heterocycles. The highest BCUT2D eigenvalue weighted by Gasteiger charge is 2.36. The van der Waals surface area contributed by atoms with E-state index in [1.807, 2.05) is 33.3 Å². The Balaban J connectivity index is 2.26. The van der Waals surface area contributed by atoms with Gasteiger partial charge in [0.15, 0.2) is 6.10 Å². The Bertz CT molecular complexity index is 1320. The van der Waals surface area contributed by atoms with Crippen LogP contribution in [-0.4, -0.2) is 87.1 Å². The molecule has 1 N–H and O–H groups in total. The molecular formula is C52H93NO9P+. The van der Waals surface area contributed by atoms with Crippen LogP contribution in [0.5, 0.6) is 0 Å². The second kappa shape index (κ2) is 40.0. The van der Waals surface area contributed by atoms with Crippen LogP contribution in [0.3, 0.4) is 0 Å². The second-order valence-electron chi connectivity index (χ2n) is 18.2. The number of carbonyl (C=O) groups is 2. The number of unbranched alkanes of at least 4 members (excludes halogenated alkanes) is 18. The van der Waals surface area contributed by atoms with Crippen molar-refractivity contribution in [2.45, 2.75) is 212 Å². The molecule has 0 aromatic carbocycles. The van der Waals surface area contributed by atoms with E-state index in [1.165, 1.54) is 96.3 Å². The van der Waals surface area contributed by atoms with Crippen LogP contribution in [0, 0.1) is 0 Å². The van der Waals surface area contributed by atoms with Crippen molar-refractivity contribution >= 4 is 19.8 Å². The molecule has 1 heterocycles. The first kappa shape index (κ1) is 58.7. The van der Waals surface area contributed by atoms with Gasteiger partial charge in [-0.2, -0.15) is 0 Å². The summed E-state index contributed by atoms with van der Waals surface area (Å²) in [5.74, 6) is -0.897. The molecule has 0 spiro atoms. The number of phosphoric acid groups is 1. The number of quaternary nitrogens is 1. The van der Waals surface area contributed by atoms with Gasteiger partial charge in [-0.1, -0.05) is 190 Å². The smallest absolute Gasteiger partial charge is 0.462 e. The molecule has 0 radical (unpaired) electrons. The lowest BCUT2D eigenvalue weighted by molar-refractivity contribution is -0.870. The molecule has 63 heavy (non-hydrogen) atoms. The number of hydrogen-bond acceptors (Lipinski definition) is 8. The summed E-state index contributed by atoms with van der Waals surface area (Å²) in [5, 5.41) is 0. The lowest BCUT2D eigenvalue weighted by Crippen LogP contribution is -2.37. The highest BCUT2D eigenvalue weighted by molar-refractivity contribution is 7.47. The van der Waals surface area contributed by atoms with Gasteiger partial charge < -0.3 is 23.6 Å². The molecular weight excluding hydrogens is 814 g/mol. The van der Waals surface area contributed by atoms with Gasteiger partial charge >= 0.3 is 19.8 Å². The Morgan fingerprint density at radius 1 is 0.587 bits per heavy atom. The standard InChI is InChI=1S/C52H92NO9P/c1-6-8-10-11-12-13-14-15-16-17-18-19-20-21-26-29-32-35-39-43-52(55)61-48(47-60-63(56,57)59-45-44-53(3,4)5)46-58-51(54)42-38-34-31-28-25-23-22-24-27-30-33-37-41-50-49(62-50)40-36-9-7-2/h9,23-25,27,31,33-34,36-37,48-50H,6-8,10-22,26,28-30,32,35,38-47H2,1-5H3/p+1/b25-23-,27-24-,34-31-,36-9-,37-33-/t48-,49?,50?/m1/s1. The van der Waals surface area contributed by atoms with E-state index < -0.39 is 32.5 Å². The maximum Gasteiger partial charge on any atom is 0.472 e. The summed E-state index contributed by atoms with van der Waals surface area (Å²) in [6, 6.07) is 0. The minimum Gasteiger partial charge on any atom is -0.462 e. The van der Waals surface area contributed by atoms with E-state index in [9.17, 15) is 19.0 Å². The monoisotopic (exact) mass is 907 g/mol. The van der Waals surface area contributed by atoms with Crippen molar-refractivity contribution in [1.29, 1.82) is 0 Å². The van der Waals surface area contributed by atoms with Gasteiger partial charge in [-0.05, 0) is 51.4 Å². The number of carbonyl (C=O) groups excluding carboxylic acids is 2. The lowest BCUT2D eigenvalue weighted by Gasteiger charge is -2.24. The predicted molar refractivity (Wildman–Crippen MR) is 260 cm³/mol. The summed E-state index contributed by atoms with van der Waals surface area (Å²) in [6.07, 6.45) is 51.8. The van der Waals surface area contributed by atoms with Gasteiger partial charge in [0.1, 0.15) is 19.8 Å². The predicted octanol–water partition coefficient (Wildman–Crippen LogP) is 13.8. The van der Waals surface area contributed by atoms with Crippen molar-refractivity contribution in [3.05, 3.63) is 60.8 Å². The van der Waals surface area contributed by atoms with Crippen molar-refractivity contribution in [3.63, 3.8) is 0 Å². The Morgan fingerprint density at radius 2 is 1.05 bits per heavy atom. The number of ether oxygens (including phenoxy) is 3. The fourth-order valence-corrected chi connectivity index (χ4v) is 7.71. The van der Waals surface area contributed by atoms with Crippen molar-refractivity contribution in [2.24, 2.45) is 0 Å². The average Bonchev–Trinajstić information content (AvgIpc) is 3.99. The van der Waals surface area contributed by atoms with E-state index in [2.05, 4.69) is 62.5 Å². The Hall–Kier alpha value is -2.33. The van der Waals surface area contributed by atoms with Gasteiger partial charge in [0.05, 0.1) is 40.0 Å². The van der Waals surface area contributed by atoms with Crippen molar-refractivity contribution in [1.82, 2.24) is 0 Å². The number of likely N-dealkylation sites (N-methyl/N-ethyl adjacent to an activating group) is 1. The Morgan fingerprint density at radius 3 is 1.54 bits per heavy atom. The normalized spacial score (nSPS) is 17.2. The highest BCUT2D eigenvalue weighted by Crippen LogP contribution is 2.43. The second-order valence-corrected chi connectivity index (χ2v) is 19.7. The van der Waals surface area contributed by atoms with Crippen LogP contribution in [0.4, 0.5) is 0 Å². The zero-order valence-electron chi connectivity index (χ0n) is 40.7. The fourth-order valence-electron chi connectivity index (χ4n) is 6.96. The first-order valence-electron chi connectivity index (χ1n) is 25.1. The molecule has 1 rings (SSSR count). The van der Waals surface area contributed by atoms with E-state index in [0.717, 1.165) is 57.8 Å². The Kier molecular flexibility index (Phi) is 37.2. The number of rotatable bonds is 44. The maximum absolute atomic E-state index is 12.7. The molecule has 0 saturated carbocycles.